The Balaban J connectivity index is 1.26. The van der Waals surface area contributed by atoms with Crippen LogP contribution in [0.4, 0.5) is 5.69 Å². The number of fused-ring (bicyclic) bond motifs is 4. The molecule has 3 heterocycles. The van der Waals surface area contributed by atoms with Crippen LogP contribution in [0.5, 0.6) is 5.75 Å². The monoisotopic (exact) mass is 654 g/mol. The fourth-order valence-corrected chi connectivity index (χ4v) is 9.92. The van der Waals surface area contributed by atoms with Gasteiger partial charge < -0.3 is 19.5 Å². The number of carbonyl (C=O) groups excluding carboxylic acids is 1. The summed E-state index contributed by atoms with van der Waals surface area (Å²) in [7, 11) is -3.99. The van der Waals surface area contributed by atoms with Gasteiger partial charge in [-0.2, -0.15) is 0 Å². The lowest BCUT2D eigenvalue weighted by atomic mass is 9.68. The lowest BCUT2D eigenvalue weighted by Gasteiger charge is -2.45. The van der Waals surface area contributed by atoms with E-state index in [2.05, 4.69) is 21.8 Å². The second-order valence-corrected chi connectivity index (χ2v) is 16.2. The van der Waals surface area contributed by atoms with Crippen LogP contribution in [0.15, 0.2) is 48.6 Å². The van der Waals surface area contributed by atoms with E-state index in [4.69, 9.17) is 21.1 Å². The first kappa shape index (κ1) is 31.0. The van der Waals surface area contributed by atoms with Gasteiger partial charge in [-0.3, -0.25) is 4.79 Å². The molecule has 6 atom stereocenters. The van der Waals surface area contributed by atoms with E-state index in [1.165, 1.54) is 11.1 Å². The molecule has 1 amide bonds. The van der Waals surface area contributed by atoms with E-state index in [0.717, 1.165) is 55.7 Å². The van der Waals surface area contributed by atoms with Crippen LogP contribution in [0, 0.1) is 11.8 Å². The highest BCUT2D eigenvalue weighted by atomic mass is 35.5. The second kappa shape index (κ2) is 12.5. The van der Waals surface area contributed by atoms with E-state index in [1.54, 1.807) is 18.2 Å². The first-order valence-corrected chi connectivity index (χ1v) is 18.5. The maximum Gasteiger partial charge on any atom is 0.264 e. The molecule has 8 nitrogen and oxygen atoms in total. The van der Waals surface area contributed by atoms with E-state index < -0.39 is 27.3 Å². The van der Waals surface area contributed by atoms with Crippen LogP contribution in [0.2, 0.25) is 5.02 Å². The number of halogens is 1. The number of sulfonamides is 1. The molecule has 5 aliphatic rings. The highest BCUT2D eigenvalue weighted by Gasteiger charge is 2.44. The standard InChI is InChI=1S/C35H43ClN2O6S/c36-26-11-13-30-23(17-26)5-3-15-35(30)21-38-20-25-9-12-29(25)32(39)8-2-1-7-28(19-27-6-4-16-43-27)45(41,42)37-34(40)24-10-14-33(44-22-35)31(38)18-24/h2,8,10-11,13-14,17-18,25,27-29,32,39H,1,3-7,9,12,15-16,19-22H2,(H,37,40)/b8-2+. The van der Waals surface area contributed by atoms with Crippen molar-refractivity contribution in [3.63, 3.8) is 0 Å². The van der Waals surface area contributed by atoms with E-state index >= 15 is 0 Å². The second-order valence-electron chi connectivity index (χ2n) is 13.8. The number of aliphatic hydroxyl groups excluding tert-OH is 1. The molecule has 0 aromatic heterocycles. The molecule has 2 bridgehead atoms. The molecule has 0 radical (unpaired) electrons. The van der Waals surface area contributed by atoms with Gasteiger partial charge in [-0.25, -0.2) is 13.1 Å². The summed E-state index contributed by atoms with van der Waals surface area (Å²) >= 11 is 6.41. The lowest BCUT2D eigenvalue weighted by Crippen LogP contribution is -2.49. The van der Waals surface area contributed by atoms with Gasteiger partial charge in [0.1, 0.15) is 5.75 Å². The minimum Gasteiger partial charge on any atom is -0.490 e. The molecular weight excluding hydrogens is 612 g/mol. The molecule has 2 aromatic carbocycles. The van der Waals surface area contributed by atoms with Crippen molar-refractivity contribution in [3.05, 3.63) is 70.3 Å². The molecule has 1 spiro atoms. The SMILES string of the molecule is O=C1NS(=O)(=O)C(CC2CCCO2)CC/C=C/C(O)C2CCC2CN2CC3(CCCc4cc(Cl)ccc43)COc3ccc1cc32. The number of nitrogens with one attached hydrogen (secondary N) is 1. The largest absolute Gasteiger partial charge is 0.490 e. The summed E-state index contributed by atoms with van der Waals surface area (Å²) < 4.78 is 42.0. The number of amides is 1. The van der Waals surface area contributed by atoms with Crippen molar-refractivity contribution in [2.45, 2.75) is 87.1 Å². The van der Waals surface area contributed by atoms with Crippen molar-refractivity contribution in [2.75, 3.05) is 31.2 Å². The highest BCUT2D eigenvalue weighted by Crippen LogP contribution is 2.46. The number of hydrogen-bond acceptors (Lipinski definition) is 7. The Kier molecular flexibility index (Phi) is 8.65. The van der Waals surface area contributed by atoms with Crippen LogP contribution in [0.1, 0.15) is 79.3 Å². The summed E-state index contributed by atoms with van der Waals surface area (Å²) in [5.41, 5.74) is 3.31. The van der Waals surface area contributed by atoms with Gasteiger partial charge in [0, 0.05) is 35.7 Å². The molecule has 6 unspecified atom stereocenters. The zero-order chi connectivity index (χ0) is 31.2. The number of aliphatic hydroxyl groups is 1. The van der Waals surface area contributed by atoms with E-state index in [1.807, 2.05) is 18.2 Å². The molecular formula is C35H43ClN2O6S. The first-order valence-electron chi connectivity index (χ1n) is 16.5. The van der Waals surface area contributed by atoms with Crippen molar-refractivity contribution < 1.29 is 27.8 Å². The topological polar surface area (TPSA) is 105 Å². The molecule has 7 rings (SSSR count). The smallest absolute Gasteiger partial charge is 0.264 e. The number of carbonyl (C=O) groups is 1. The Hall–Kier alpha value is -2.59. The summed E-state index contributed by atoms with van der Waals surface area (Å²) in [6.45, 7) is 2.53. The average molecular weight is 655 g/mol. The van der Waals surface area contributed by atoms with Crippen molar-refractivity contribution in [2.24, 2.45) is 11.8 Å². The highest BCUT2D eigenvalue weighted by molar-refractivity contribution is 7.90. The number of ether oxygens (including phenoxy) is 2. The minimum atomic E-state index is -3.99. The minimum absolute atomic E-state index is 0.119. The fraction of sp³-hybridized carbons (Fsp3) is 0.571. The first-order chi connectivity index (χ1) is 21.7. The lowest BCUT2D eigenvalue weighted by molar-refractivity contribution is 0.0456. The van der Waals surface area contributed by atoms with Crippen LogP contribution < -0.4 is 14.4 Å². The predicted molar refractivity (Wildman–Crippen MR) is 175 cm³/mol. The zero-order valence-electron chi connectivity index (χ0n) is 25.6. The van der Waals surface area contributed by atoms with Crippen LogP contribution in [-0.2, 0) is 26.6 Å². The Morgan fingerprint density at radius 2 is 1.98 bits per heavy atom. The molecule has 2 aliphatic carbocycles. The van der Waals surface area contributed by atoms with Gasteiger partial charge in [0.2, 0.25) is 10.0 Å². The van der Waals surface area contributed by atoms with Gasteiger partial charge in [-0.05, 0) is 118 Å². The molecule has 10 heteroatoms. The Labute approximate surface area is 271 Å². The van der Waals surface area contributed by atoms with Crippen LogP contribution in [-0.4, -0.2) is 63.2 Å². The van der Waals surface area contributed by atoms with Crippen LogP contribution >= 0.6 is 11.6 Å². The summed E-state index contributed by atoms with van der Waals surface area (Å²) in [4.78, 5) is 15.9. The van der Waals surface area contributed by atoms with Crippen molar-refractivity contribution in [3.8, 4) is 5.75 Å². The van der Waals surface area contributed by atoms with E-state index in [9.17, 15) is 18.3 Å². The van der Waals surface area contributed by atoms with Gasteiger partial charge in [-0.15, -0.1) is 0 Å². The van der Waals surface area contributed by atoms with E-state index in [0.29, 0.717) is 51.3 Å². The van der Waals surface area contributed by atoms with Crippen LogP contribution in [0.25, 0.3) is 0 Å². The fourth-order valence-electron chi connectivity index (χ4n) is 8.26. The predicted octanol–water partition coefficient (Wildman–Crippen LogP) is 5.55. The molecule has 2 N–H and O–H groups in total. The number of nitrogens with zero attached hydrogens (tertiary/aromatic N) is 1. The van der Waals surface area contributed by atoms with Crippen LogP contribution in [0.3, 0.4) is 0 Å². The average Bonchev–Trinajstić information content (AvgIpc) is 3.46. The summed E-state index contributed by atoms with van der Waals surface area (Å²) in [6.07, 6.45) is 10.8. The number of hydrogen-bond donors (Lipinski definition) is 2. The van der Waals surface area contributed by atoms with Gasteiger partial charge in [0.05, 0.1) is 29.8 Å². The Bertz CT molecular complexity index is 1570. The molecule has 1 saturated carbocycles. The molecule has 45 heavy (non-hydrogen) atoms. The molecule has 242 valence electrons. The number of allylic oxidation sites excluding steroid dienone is 1. The van der Waals surface area contributed by atoms with Gasteiger partial charge in [0.15, 0.2) is 0 Å². The summed E-state index contributed by atoms with van der Waals surface area (Å²) in [5.74, 6) is 0.444. The van der Waals surface area contributed by atoms with Crippen molar-refractivity contribution in [1.29, 1.82) is 0 Å². The van der Waals surface area contributed by atoms with Gasteiger partial charge in [-0.1, -0.05) is 29.8 Å². The maximum absolute atomic E-state index is 13.6. The quantitative estimate of drug-likeness (QED) is 0.410. The zero-order valence-corrected chi connectivity index (χ0v) is 27.2. The third-order valence-corrected chi connectivity index (χ3v) is 12.9. The normalized spacial score (nSPS) is 33.6. The number of benzene rings is 2. The third-order valence-electron chi connectivity index (χ3n) is 10.9. The summed E-state index contributed by atoms with van der Waals surface area (Å²) in [5, 5.41) is 11.2. The molecule has 1 saturated heterocycles. The third kappa shape index (κ3) is 6.25. The van der Waals surface area contributed by atoms with Crippen molar-refractivity contribution >= 4 is 33.2 Å². The van der Waals surface area contributed by atoms with Crippen molar-refractivity contribution in [1.82, 2.24) is 4.72 Å². The molecule has 2 fully saturated rings. The van der Waals surface area contributed by atoms with Gasteiger partial charge >= 0.3 is 0 Å². The number of anilines is 1. The van der Waals surface area contributed by atoms with Gasteiger partial charge in [0.25, 0.3) is 5.91 Å². The summed E-state index contributed by atoms with van der Waals surface area (Å²) in [6, 6.07) is 11.4. The Morgan fingerprint density at radius 1 is 1.09 bits per heavy atom. The molecule has 2 aromatic rings. The Morgan fingerprint density at radius 3 is 2.78 bits per heavy atom. The maximum atomic E-state index is 13.6. The number of rotatable bonds is 2. The molecule has 3 aliphatic heterocycles. The number of aryl methyl sites for hydroxylation is 1. The van der Waals surface area contributed by atoms with E-state index in [-0.39, 0.29) is 28.9 Å².